The average molecular weight is 318 g/mol. The van der Waals surface area contributed by atoms with E-state index < -0.39 is 6.03 Å². The summed E-state index contributed by atoms with van der Waals surface area (Å²) in [5.74, 6) is 0.547. The second kappa shape index (κ2) is 9.30. The van der Waals surface area contributed by atoms with E-state index in [2.05, 4.69) is 16.0 Å². The Hall–Kier alpha value is -2.75. The van der Waals surface area contributed by atoms with E-state index >= 15 is 0 Å². The van der Waals surface area contributed by atoms with E-state index in [0.717, 1.165) is 0 Å². The minimum absolute atomic E-state index is 0.125. The zero-order chi connectivity index (χ0) is 17.2. The Morgan fingerprint density at radius 3 is 2.65 bits per heavy atom. The summed E-state index contributed by atoms with van der Waals surface area (Å²) < 4.78 is 5.40. The molecular weight excluding hydrogens is 296 g/mol. The zero-order valence-corrected chi connectivity index (χ0v) is 13.6. The molecular formula is C16H22N4O3. The number of carbonyl (C=O) groups excluding carboxylic acids is 2. The van der Waals surface area contributed by atoms with Crippen LogP contribution >= 0.6 is 0 Å². The fraction of sp³-hybridized carbons (Fsp3) is 0.438. The van der Waals surface area contributed by atoms with Gasteiger partial charge in [-0.15, -0.1) is 0 Å². The first-order valence-electron chi connectivity index (χ1n) is 7.44. The summed E-state index contributed by atoms with van der Waals surface area (Å²) in [5.41, 5.74) is 0.782. The largest absolute Gasteiger partial charge is 0.492 e. The van der Waals surface area contributed by atoms with Crippen molar-refractivity contribution in [3.8, 4) is 11.8 Å². The van der Waals surface area contributed by atoms with Gasteiger partial charge in [0, 0.05) is 6.54 Å². The van der Waals surface area contributed by atoms with Crippen LogP contribution in [0.2, 0.25) is 0 Å². The highest BCUT2D eigenvalue weighted by atomic mass is 16.5. The Bertz CT molecular complexity index is 593. The molecule has 0 saturated heterocycles. The fourth-order valence-electron chi connectivity index (χ4n) is 1.69. The lowest BCUT2D eigenvalue weighted by atomic mass is 10.2. The molecule has 0 atom stereocenters. The molecule has 23 heavy (non-hydrogen) atoms. The molecule has 0 aliphatic carbocycles. The summed E-state index contributed by atoms with van der Waals surface area (Å²) in [4.78, 5) is 23.4. The number of anilines is 1. The van der Waals surface area contributed by atoms with Gasteiger partial charge in [0.15, 0.2) is 0 Å². The maximum Gasteiger partial charge on any atom is 0.319 e. The van der Waals surface area contributed by atoms with Gasteiger partial charge in [-0.05, 0) is 31.0 Å². The van der Waals surface area contributed by atoms with Crippen LogP contribution in [0.15, 0.2) is 18.2 Å². The number of nitriles is 1. The third kappa shape index (κ3) is 6.70. The Labute approximate surface area is 136 Å². The van der Waals surface area contributed by atoms with Crippen LogP contribution < -0.4 is 20.7 Å². The predicted molar refractivity (Wildman–Crippen MR) is 87.2 cm³/mol. The SMILES string of the molecule is CCOc1ccc(C#N)cc1NC(=O)NCC(=O)NCC(C)C. The van der Waals surface area contributed by atoms with Gasteiger partial charge in [0.1, 0.15) is 5.75 Å². The number of urea groups is 1. The summed E-state index contributed by atoms with van der Waals surface area (Å²) in [5, 5.41) is 16.7. The number of rotatable bonds is 7. The number of hydrogen-bond acceptors (Lipinski definition) is 4. The van der Waals surface area contributed by atoms with Crippen LogP contribution in [0.4, 0.5) is 10.5 Å². The molecule has 7 nitrogen and oxygen atoms in total. The Balaban J connectivity index is 2.59. The van der Waals surface area contributed by atoms with E-state index in [1.165, 1.54) is 6.07 Å². The number of ether oxygens (including phenoxy) is 1. The molecule has 1 aromatic rings. The van der Waals surface area contributed by atoms with Gasteiger partial charge >= 0.3 is 6.03 Å². The monoisotopic (exact) mass is 318 g/mol. The molecule has 0 saturated carbocycles. The molecule has 0 aliphatic heterocycles. The lowest BCUT2D eigenvalue weighted by Gasteiger charge is -2.13. The molecule has 0 heterocycles. The van der Waals surface area contributed by atoms with Gasteiger partial charge in [0.2, 0.25) is 5.91 Å². The molecule has 0 aromatic heterocycles. The Kier molecular flexibility index (Phi) is 7.40. The molecule has 1 aromatic carbocycles. The van der Waals surface area contributed by atoms with Crippen molar-refractivity contribution in [3.63, 3.8) is 0 Å². The molecule has 3 amide bonds. The Morgan fingerprint density at radius 1 is 1.30 bits per heavy atom. The molecule has 0 unspecified atom stereocenters. The van der Waals surface area contributed by atoms with Gasteiger partial charge in [0.25, 0.3) is 0 Å². The van der Waals surface area contributed by atoms with E-state index in [4.69, 9.17) is 10.00 Å². The van der Waals surface area contributed by atoms with Crippen molar-refractivity contribution >= 4 is 17.6 Å². The van der Waals surface area contributed by atoms with Crippen molar-refractivity contribution in [1.82, 2.24) is 10.6 Å². The van der Waals surface area contributed by atoms with Gasteiger partial charge in [-0.3, -0.25) is 4.79 Å². The van der Waals surface area contributed by atoms with Crippen molar-refractivity contribution < 1.29 is 14.3 Å². The van der Waals surface area contributed by atoms with Crippen LogP contribution in [0.5, 0.6) is 5.75 Å². The minimum Gasteiger partial charge on any atom is -0.492 e. The molecule has 1 rings (SSSR count). The smallest absolute Gasteiger partial charge is 0.319 e. The van der Waals surface area contributed by atoms with Crippen molar-refractivity contribution in [2.45, 2.75) is 20.8 Å². The summed E-state index contributed by atoms with van der Waals surface area (Å²) in [6.07, 6.45) is 0. The second-order valence-corrected chi connectivity index (χ2v) is 5.26. The van der Waals surface area contributed by atoms with E-state index in [0.29, 0.717) is 36.1 Å². The van der Waals surface area contributed by atoms with E-state index in [-0.39, 0.29) is 12.5 Å². The molecule has 0 fully saturated rings. The first-order valence-corrected chi connectivity index (χ1v) is 7.44. The summed E-state index contributed by atoms with van der Waals surface area (Å²) in [6.45, 7) is 6.65. The molecule has 0 radical (unpaired) electrons. The molecule has 0 bridgehead atoms. The van der Waals surface area contributed by atoms with Crippen molar-refractivity contribution in [2.75, 3.05) is 25.0 Å². The van der Waals surface area contributed by atoms with Gasteiger partial charge in [0.05, 0.1) is 30.5 Å². The van der Waals surface area contributed by atoms with Crippen LogP contribution in [0.1, 0.15) is 26.3 Å². The molecule has 0 aliphatic rings. The van der Waals surface area contributed by atoms with Crippen molar-refractivity contribution in [3.05, 3.63) is 23.8 Å². The van der Waals surface area contributed by atoms with Crippen LogP contribution in [0.3, 0.4) is 0 Å². The summed E-state index contributed by atoms with van der Waals surface area (Å²) in [6, 6.07) is 6.20. The quantitative estimate of drug-likeness (QED) is 0.713. The third-order valence-electron chi connectivity index (χ3n) is 2.77. The van der Waals surface area contributed by atoms with Crippen LogP contribution in [-0.4, -0.2) is 31.6 Å². The maximum absolute atomic E-state index is 11.9. The molecule has 0 spiro atoms. The number of nitrogens with one attached hydrogen (secondary N) is 3. The standard InChI is InChI=1S/C16H22N4O3/c1-4-23-14-6-5-12(8-17)7-13(14)20-16(22)19-10-15(21)18-9-11(2)3/h5-7,11H,4,9-10H2,1-3H3,(H,18,21)(H2,19,20,22). The van der Waals surface area contributed by atoms with Gasteiger partial charge < -0.3 is 20.7 Å². The first kappa shape index (κ1) is 18.3. The number of carbonyl (C=O) groups is 2. The van der Waals surface area contributed by atoms with Crippen molar-refractivity contribution in [1.29, 1.82) is 5.26 Å². The van der Waals surface area contributed by atoms with Gasteiger partial charge in [-0.2, -0.15) is 5.26 Å². The fourth-order valence-corrected chi connectivity index (χ4v) is 1.69. The normalized spacial score (nSPS) is 9.87. The van der Waals surface area contributed by atoms with E-state index in [9.17, 15) is 9.59 Å². The summed E-state index contributed by atoms with van der Waals surface area (Å²) in [7, 11) is 0. The number of nitrogens with zero attached hydrogens (tertiary/aromatic N) is 1. The molecule has 124 valence electrons. The number of amides is 3. The lowest BCUT2D eigenvalue weighted by Crippen LogP contribution is -2.40. The average Bonchev–Trinajstić information content (AvgIpc) is 2.52. The van der Waals surface area contributed by atoms with E-state index in [1.54, 1.807) is 12.1 Å². The minimum atomic E-state index is -0.541. The third-order valence-corrected chi connectivity index (χ3v) is 2.77. The van der Waals surface area contributed by atoms with Crippen LogP contribution in [0, 0.1) is 17.2 Å². The van der Waals surface area contributed by atoms with Crippen LogP contribution in [-0.2, 0) is 4.79 Å². The Morgan fingerprint density at radius 2 is 2.04 bits per heavy atom. The highest BCUT2D eigenvalue weighted by Crippen LogP contribution is 2.25. The topological polar surface area (TPSA) is 103 Å². The molecule has 3 N–H and O–H groups in total. The summed E-state index contributed by atoms with van der Waals surface area (Å²) >= 11 is 0. The van der Waals surface area contributed by atoms with Crippen LogP contribution in [0.25, 0.3) is 0 Å². The highest BCUT2D eigenvalue weighted by Gasteiger charge is 2.10. The van der Waals surface area contributed by atoms with Gasteiger partial charge in [-0.1, -0.05) is 13.8 Å². The number of hydrogen-bond donors (Lipinski definition) is 3. The maximum atomic E-state index is 11.9. The second-order valence-electron chi connectivity index (χ2n) is 5.26. The number of benzene rings is 1. The highest BCUT2D eigenvalue weighted by molar-refractivity contribution is 5.93. The lowest BCUT2D eigenvalue weighted by molar-refractivity contribution is -0.120. The predicted octanol–water partition coefficient (Wildman–Crippen LogP) is 1.85. The first-order chi connectivity index (χ1) is 11.0. The van der Waals surface area contributed by atoms with Crippen molar-refractivity contribution in [2.24, 2.45) is 5.92 Å². The van der Waals surface area contributed by atoms with Gasteiger partial charge in [-0.25, -0.2) is 4.79 Å². The van der Waals surface area contributed by atoms with E-state index in [1.807, 2.05) is 26.8 Å². The molecule has 7 heteroatoms. The zero-order valence-electron chi connectivity index (χ0n) is 13.6.